The van der Waals surface area contributed by atoms with Crippen LogP contribution in [0.2, 0.25) is 39.3 Å². The zero-order valence-electron chi connectivity index (χ0n) is 78.1. The summed E-state index contributed by atoms with van der Waals surface area (Å²) in [7, 11) is -6.67. The molecule has 0 bridgehead atoms. The van der Waals surface area contributed by atoms with E-state index in [1.807, 2.05) is 52.2 Å². The number of fused-ring (bicyclic) bond motifs is 29. The van der Waals surface area contributed by atoms with Crippen molar-refractivity contribution >= 4 is 215 Å². The molecule has 9 aromatic heterocycles. The average molecular weight is 1910 g/mol. The van der Waals surface area contributed by atoms with Crippen LogP contribution in [0, 0.1) is 0 Å². The molecule has 0 atom stereocenters. The quantitative estimate of drug-likeness (QED) is 0.134. The first-order chi connectivity index (χ1) is 69.2. The summed E-state index contributed by atoms with van der Waals surface area (Å²) in [6.07, 6.45) is 0. The molecule has 30 rings (SSSR count). The van der Waals surface area contributed by atoms with Crippen LogP contribution in [0.15, 0.2) is 419 Å². The predicted octanol–water partition coefficient (Wildman–Crippen LogP) is 30.2. The van der Waals surface area contributed by atoms with Crippen molar-refractivity contribution in [2.45, 2.75) is 39.3 Å². The van der Waals surface area contributed by atoms with Crippen LogP contribution in [0.4, 0.5) is 0 Å². The Bertz CT molecular complexity index is 9900. The SMILES string of the molecule is C[Si]1(C)c2cc(-n3c4ccccc4c4cc5c(cc43)sc3ccccc35)ccc2-c2nc(-c3ccccc3)nc(-c3ccccc3)c21.C[Si]1(C)c2cc(-n3c4ccccc4c4ccc5c6ccccc6sc5c43)ccc2-c2nc(-c3ccccc3)nc(-c3ccccc3)c21.C[Si]1(C)c2cc(-n3c4ccccc4c4ccc5sc6ccccc6c5c43)ccc2-c2nc(-c3ccccc3)nc(-c3ccccc3)c21. The van der Waals surface area contributed by atoms with E-state index in [1.165, 1.54) is 191 Å². The number of nitrogens with zero attached hydrogens (tertiary/aromatic N) is 9. The number of thiophene rings is 3. The van der Waals surface area contributed by atoms with Crippen LogP contribution >= 0.6 is 34.0 Å². The Hall–Kier alpha value is -16.1. The molecule has 0 spiro atoms. The maximum Gasteiger partial charge on any atom is 0.160 e. The molecule has 18 aromatic carbocycles. The van der Waals surface area contributed by atoms with E-state index in [0.29, 0.717) is 0 Å². The Morgan fingerprint density at radius 3 is 0.950 bits per heavy atom. The van der Waals surface area contributed by atoms with E-state index >= 15 is 0 Å². The van der Waals surface area contributed by atoms with Gasteiger partial charge in [0.05, 0.1) is 72.0 Å². The second kappa shape index (κ2) is 32.0. The molecule has 0 N–H and O–H groups in total. The smallest absolute Gasteiger partial charge is 0.160 e. The second-order valence-electron chi connectivity index (χ2n) is 39.0. The first-order valence-corrected chi connectivity index (χ1v) is 59.7. The molecule has 141 heavy (non-hydrogen) atoms. The van der Waals surface area contributed by atoms with Gasteiger partial charge in [-0.15, -0.1) is 34.0 Å². The molecule has 0 fully saturated rings. The summed E-state index contributed by atoms with van der Waals surface area (Å²) < 4.78 is 15.5. The number of rotatable bonds is 9. The van der Waals surface area contributed by atoms with Crippen LogP contribution in [0.25, 0.3) is 245 Å². The zero-order chi connectivity index (χ0) is 93.8. The fraction of sp³-hybridized carbons (Fsp3) is 0.0476. The third-order valence-electron chi connectivity index (χ3n) is 29.9. The average Bonchev–Trinajstić information content (AvgIpc) is 1.57. The maximum absolute atomic E-state index is 5.33. The fourth-order valence-corrected chi connectivity index (χ4v) is 36.5. The van der Waals surface area contributed by atoms with E-state index in [9.17, 15) is 0 Å². The van der Waals surface area contributed by atoms with E-state index < -0.39 is 24.2 Å². The van der Waals surface area contributed by atoms with Gasteiger partial charge in [-0.3, -0.25) is 0 Å². The van der Waals surface area contributed by atoms with Crippen LogP contribution in [0.1, 0.15) is 0 Å². The Balaban J connectivity index is 0.000000104. The summed E-state index contributed by atoms with van der Waals surface area (Å²) in [4.78, 5) is 31.8. The predicted molar refractivity (Wildman–Crippen MR) is 607 cm³/mol. The van der Waals surface area contributed by atoms with Crippen LogP contribution in [-0.4, -0.2) is 67.8 Å². The van der Waals surface area contributed by atoms with Gasteiger partial charge >= 0.3 is 0 Å². The van der Waals surface area contributed by atoms with Gasteiger partial charge in [-0.2, -0.15) is 0 Å². The third kappa shape index (κ3) is 12.8. The Kier molecular flexibility index (Phi) is 18.9. The minimum Gasteiger partial charge on any atom is -0.309 e. The van der Waals surface area contributed by atoms with Crippen molar-refractivity contribution in [2.24, 2.45) is 0 Å². The molecule has 0 aliphatic carbocycles. The summed E-state index contributed by atoms with van der Waals surface area (Å²) in [5.41, 5.74) is 27.8. The van der Waals surface area contributed by atoms with Crippen molar-refractivity contribution < 1.29 is 0 Å². The van der Waals surface area contributed by atoms with Gasteiger partial charge in [0.1, 0.15) is 24.2 Å². The Morgan fingerprint density at radius 1 is 0.199 bits per heavy atom. The lowest BCUT2D eigenvalue weighted by Crippen LogP contribution is -2.50. The zero-order valence-corrected chi connectivity index (χ0v) is 83.5. The van der Waals surface area contributed by atoms with Crippen LogP contribution < -0.4 is 31.1 Å². The van der Waals surface area contributed by atoms with E-state index in [4.69, 9.17) is 29.9 Å². The lowest BCUT2D eigenvalue weighted by Gasteiger charge is -2.22. The molecular weight excluding hydrogens is 1820 g/mol. The van der Waals surface area contributed by atoms with Gasteiger partial charge in [0, 0.05) is 139 Å². The van der Waals surface area contributed by atoms with Crippen molar-refractivity contribution in [3.8, 4) is 119 Å². The lowest BCUT2D eigenvalue weighted by molar-refractivity contribution is 1.18. The van der Waals surface area contributed by atoms with Crippen molar-refractivity contribution in [3.63, 3.8) is 0 Å². The summed E-state index contributed by atoms with van der Waals surface area (Å²) in [5.74, 6) is 2.33. The summed E-state index contributed by atoms with van der Waals surface area (Å²) in [6.45, 7) is 14.8. The standard InChI is InChI=1S/3C42H29N3SSi/c1-47(2)38-23-28(45-34-19-11-9-17-29(34)32-24-33-30-18-10-12-20-36(30)46-37(33)25-35(32)45)21-22-31(38)40-41(47)39(26-13-5-3-6-14-26)43-42(44-40)27-15-7-4-8-16-27;1-47(2)36-25-28(45-33-19-11-9-17-29(33)30-23-24-35-37(40(30)45)31-18-10-12-20-34(31)46-35)21-22-32(36)39-41(47)38(26-13-5-3-6-14-26)43-42(44-39)27-15-7-4-8-16-27;1-47(2)36-25-28(45-34-19-11-9-17-29(34)31-23-24-32-30-18-10-12-20-35(30)46-40(32)39(31)45)21-22-33(36)38-41(47)37(26-13-5-3-6-14-26)43-42(44-38)27-15-7-4-8-16-27/h3*3-25H,1-2H3. The van der Waals surface area contributed by atoms with Gasteiger partial charge < -0.3 is 13.7 Å². The van der Waals surface area contributed by atoms with Gasteiger partial charge in [0.25, 0.3) is 0 Å². The molecule has 0 radical (unpaired) electrons. The number of hydrogen-bond donors (Lipinski definition) is 0. The normalized spacial score (nSPS) is 13.5. The van der Waals surface area contributed by atoms with E-state index in [2.05, 4.69) is 453 Å². The highest BCUT2D eigenvalue weighted by Crippen LogP contribution is 2.49. The molecule has 3 aliphatic rings. The minimum atomic E-state index is -2.23. The van der Waals surface area contributed by atoms with Gasteiger partial charge in [-0.25, -0.2) is 29.9 Å². The Morgan fingerprint density at radius 2 is 0.511 bits per heavy atom. The molecule has 9 nitrogen and oxygen atoms in total. The molecule has 0 saturated carbocycles. The summed E-state index contributed by atoms with van der Waals surface area (Å²) >= 11 is 5.66. The van der Waals surface area contributed by atoms with Gasteiger partial charge in [-0.1, -0.05) is 367 Å². The number of aromatic nitrogens is 9. The van der Waals surface area contributed by atoms with Gasteiger partial charge in [0.15, 0.2) is 17.5 Å². The molecule has 12 heterocycles. The van der Waals surface area contributed by atoms with Crippen molar-refractivity contribution in [2.75, 3.05) is 0 Å². The summed E-state index contributed by atoms with van der Waals surface area (Å²) in [6, 6.07) is 151. The van der Waals surface area contributed by atoms with E-state index in [0.717, 1.165) is 85.0 Å². The number of para-hydroxylation sites is 3. The molecule has 3 aliphatic heterocycles. The molecule has 0 unspecified atom stereocenters. The van der Waals surface area contributed by atoms with Crippen LogP contribution in [0.5, 0.6) is 0 Å². The Labute approximate surface area is 828 Å². The molecule has 0 amide bonds. The highest BCUT2D eigenvalue weighted by molar-refractivity contribution is 7.27. The first-order valence-electron chi connectivity index (χ1n) is 48.3. The molecular formula is C126H87N9S3Si3. The maximum atomic E-state index is 5.33. The topological polar surface area (TPSA) is 92.1 Å². The van der Waals surface area contributed by atoms with E-state index in [1.54, 1.807) is 0 Å². The van der Waals surface area contributed by atoms with Crippen LogP contribution in [-0.2, 0) is 0 Å². The first kappa shape index (κ1) is 83.1. The second-order valence-corrected chi connectivity index (χ2v) is 55.1. The van der Waals surface area contributed by atoms with Crippen molar-refractivity contribution in [1.29, 1.82) is 0 Å². The summed E-state index contributed by atoms with van der Waals surface area (Å²) in [5, 5.41) is 23.9. The number of benzene rings is 18. The molecule has 0 saturated heterocycles. The highest BCUT2D eigenvalue weighted by Gasteiger charge is 2.46. The molecule has 666 valence electrons. The fourth-order valence-electron chi connectivity index (χ4n) is 23.4. The highest BCUT2D eigenvalue weighted by atomic mass is 32.1. The number of hydrogen-bond acceptors (Lipinski definition) is 9. The molecule has 27 aromatic rings. The lowest BCUT2D eigenvalue weighted by atomic mass is 10.1. The van der Waals surface area contributed by atoms with Crippen molar-refractivity contribution in [1.82, 2.24) is 43.6 Å². The third-order valence-corrected chi connectivity index (χ3v) is 43.8. The monoisotopic (exact) mass is 1910 g/mol. The minimum absolute atomic E-state index is 0.777. The van der Waals surface area contributed by atoms with Crippen LogP contribution in [0.3, 0.4) is 0 Å². The molecule has 15 heteroatoms. The largest absolute Gasteiger partial charge is 0.309 e. The van der Waals surface area contributed by atoms with Gasteiger partial charge in [0.2, 0.25) is 0 Å². The van der Waals surface area contributed by atoms with E-state index in [-0.39, 0.29) is 0 Å². The van der Waals surface area contributed by atoms with Gasteiger partial charge in [-0.05, 0) is 139 Å². The van der Waals surface area contributed by atoms with Crippen molar-refractivity contribution in [3.05, 3.63) is 419 Å².